The van der Waals surface area contributed by atoms with Crippen LogP contribution in [0.15, 0.2) is 17.1 Å². The van der Waals surface area contributed by atoms with E-state index >= 15 is 0 Å². The minimum atomic E-state index is -0.276. The van der Waals surface area contributed by atoms with Crippen LogP contribution in [-0.2, 0) is 13.1 Å². The summed E-state index contributed by atoms with van der Waals surface area (Å²) < 4.78 is 2.03. The molecule has 21 heavy (non-hydrogen) atoms. The van der Waals surface area contributed by atoms with Crippen molar-refractivity contribution in [2.24, 2.45) is 5.92 Å². The second-order valence-corrected chi connectivity index (χ2v) is 6.77. The van der Waals surface area contributed by atoms with E-state index in [0.29, 0.717) is 12.0 Å². The molecule has 0 radical (unpaired) electrons. The average Bonchev–Trinajstić information content (AvgIpc) is 2.44. The van der Waals surface area contributed by atoms with Crippen LogP contribution in [0.1, 0.15) is 51.6 Å². The molecule has 0 aromatic carbocycles. The zero-order chi connectivity index (χ0) is 15.4. The Balaban J connectivity index is 2.16. The summed E-state index contributed by atoms with van der Waals surface area (Å²) in [5.74, 6) is 0.324. The molecule has 0 atom stereocenters. The monoisotopic (exact) mass is 292 g/mol. The van der Waals surface area contributed by atoms with Crippen LogP contribution in [0, 0.1) is 5.92 Å². The number of hydrogen-bond acceptors (Lipinski definition) is 3. The van der Waals surface area contributed by atoms with Gasteiger partial charge in [0.1, 0.15) is 0 Å². The fourth-order valence-electron chi connectivity index (χ4n) is 3.21. The van der Waals surface area contributed by atoms with Crippen LogP contribution in [0.4, 0.5) is 0 Å². The van der Waals surface area contributed by atoms with E-state index in [1.807, 2.05) is 4.57 Å². The molecule has 1 aliphatic carbocycles. The second kappa shape index (κ2) is 7.12. The highest BCUT2D eigenvalue weighted by molar-refractivity contribution is 5.20. The molecule has 1 aromatic rings. The molecule has 2 rings (SSSR count). The van der Waals surface area contributed by atoms with E-state index in [9.17, 15) is 9.90 Å². The van der Waals surface area contributed by atoms with Gasteiger partial charge in [-0.15, -0.1) is 0 Å². The van der Waals surface area contributed by atoms with Crippen molar-refractivity contribution in [2.45, 2.75) is 65.1 Å². The summed E-state index contributed by atoms with van der Waals surface area (Å²) in [5.41, 5.74) is 0.724. The van der Waals surface area contributed by atoms with Crippen molar-refractivity contribution in [3.8, 4) is 5.75 Å². The molecule has 1 aliphatic rings. The van der Waals surface area contributed by atoms with Gasteiger partial charge in [0.15, 0.2) is 5.75 Å². The number of aromatic hydroxyl groups is 1. The molecule has 1 aromatic heterocycles. The summed E-state index contributed by atoms with van der Waals surface area (Å²) in [5, 5.41) is 9.67. The Morgan fingerprint density at radius 2 is 2.00 bits per heavy atom. The van der Waals surface area contributed by atoms with Gasteiger partial charge < -0.3 is 9.67 Å². The first-order chi connectivity index (χ1) is 9.97. The highest BCUT2D eigenvalue weighted by atomic mass is 16.3. The van der Waals surface area contributed by atoms with Gasteiger partial charge in [0.25, 0.3) is 0 Å². The van der Waals surface area contributed by atoms with Crippen molar-refractivity contribution < 1.29 is 5.11 Å². The Morgan fingerprint density at radius 3 is 2.62 bits per heavy atom. The van der Waals surface area contributed by atoms with Gasteiger partial charge in [-0.3, -0.25) is 9.69 Å². The maximum Gasteiger partial charge on any atom is 0.223 e. The molecule has 4 nitrogen and oxygen atoms in total. The Hall–Kier alpha value is -1.29. The predicted octanol–water partition coefficient (Wildman–Crippen LogP) is 2.97. The van der Waals surface area contributed by atoms with Crippen molar-refractivity contribution in [1.29, 1.82) is 0 Å². The van der Waals surface area contributed by atoms with Gasteiger partial charge in [-0.05, 0) is 25.8 Å². The Morgan fingerprint density at radius 1 is 1.33 bits per heavy atom. The molecule has 1 N–H and O–H groups in total. The van der Waals surface area contributed by atoms with Gasteiger partial charge in [-0.25, -0.2) is 0 Å². The van der Waals surface area contributed by atoms with E-state index in [2.05, 4.69) is 25.8 Å². The van der Waals surface area contributed by atoms with E-state index in [1.54, 1.807) is 12.3 Å². The molecular weight excluding hydrogens is 264 g/mol. The lowest BCUT2D eigenvalue weighted by Gasteiger charge is -2.32. The third-order valence-corrected chi connectivity index (χ3v) is 4.37. The molecule has 0 spiro atoms. The third kappa shape index (κ3) is 4.34. The van der Waals surface area contributed by atoms with Crippen LogP contribution in [-0.4, -0.2) is 27.7 Å². The van der Waals surface area contributed by atoms with E-state index in [-0.39, 0.29) is 11.2 Å². The van der Waals surface area contributed by atoms with E-state index in [4.69, 9.17) is 0 Å². The Kier molecular flexibility index (Phi) is 5.45. The zero-order valence-electron chi connectivity index (χ0n) is 13.5. The summed E-state index contributed by atoms with van der Waals surface area (Å²) in [4.78, 5) is 14.1. The van der Waals surface area contributed by atoms with E-state index < -0.39 is 0 Å². The quantitative estimate of drug-likeness (QED) is 0.907. The molecule has 118 valence electrons. The highest BCUT2D eigenvalue weighted by Crippen LogP contribution is 2.23. The minimum Gasteiger partial charge on any atom is -0.503 e. The summed E-state index contributed by atoms with van der Waals surface area (Å²) in [6.07, 6.45) is 8.06. The molecule has 0 unspecified atom stereocenters. The molecular formula is C17H28N2O2. The lowest BCUT2D eigenvalue weighted by atomic mass is 9.94. The van der Waals surface area contributed by atoms with E-state index in [0.717, 1.165) is 18.8 Å². The van der Waals surface area contributed by atoms with Crippen LogP contribution in [0.3, 0.4) is 0 Å². The van der Waals surface area contributed by atoms with Gasteiger partial charge in [0, 0.05) is 30.9 Å². The molecule has 4 heteroatoms. The first-order valence-corrected chi connectivity index (χ1v) is 8.10. The van der Waals surface area contributed by atoms with Gasteiger partial charge in [-0.1, -0.05) is 33.1 Å². The summed E-state index contributed by atoms with van der Waals surface area (Å²) in [6.45, 7) is 5.88. The maximum absolute atomic E-state index is 11.8. The molecule has 1 saturated carbocycles. The van der Waals surface area contributed by atoms with Crippen molar-refractivity contribution >= 4 is 0 Å². The normalized spacial score (nSPS) is 16.8. The van der Waals surface area contributed by atoms with Crippen molar-refractivity contribution in [3.63, 3.8) is 0 Å². The van der Waals surface area contributed by atoms with Crippen LogP contribution in [0.5, 0.6) is 5.75 Å². The number of nitrogens with zero attached hydrogens (tertiary/aromatic N) is 2. The smallest absolute Gasteiger partial charge is 0.223 e. The van der Waals surface area contributed by atoms with Crippen LogP contribution in [0.25, 0.3) is 0 Å². The number of hydrogen-bond donors (Lipinski definition) is 1. The average molecular weight is 292 g/mol. The fraction of sp³-hybridized carbons (Fsp3) is 0.706. The van der Waals surface area contributed by atoms with Crippen LogP contribution < -0.4 is 5.43 Å². The lowest BCUT2D eigenvalue weighted by molar-refractivity contribution is 0.179. The van der Waals surface area contributed by atoms with Crippen molar-refractivity contribution in [3.05, 3.63) is 28.2 Å². The molecule has 0 bridgehead atoms. The van der Waals surface area contributed by atoms with E-state index in [1.165, 1.54) is 32.1 Å². The SMILES string of the molecule is CC(C)Cn1cc(O)c(=O)cc1CN(C)C1CCCCC1. The number of rotatable bonds is 5. The molecule has 0 aliphatic heterocycles. The van der Waals surface area contributed by atoms with Crippen LogP contribution in [0.2, 0.25) is 0 Å². The lowest BCUT2D eigenvalue weighted by Crippen LogP contribution is -2.34. The molecule has 0 amide bonds. The van der Waals surface area contributed by atoms with Crippen LogP contribution >= 0.6 is 0 Å². The Bertz CT molecular complexity index is 516. The minimum absolute atomic E-state index is 0.153. The first-order valence-electron chi connectivity index (χ1n) is 8.10. The Labute approximate surface area is 127 Å². The maximum atomic E-state index is 11.8. The summed E-state index contributed by atoms with van der Waals surface area (Å²) in [6, 6.07) is 2.21. The third-order valence-electron chi connectivity index (χ3n) is 4.37. The molecule has 0 saturated heterocycles. The van der Waals surface area contributed by atoms with Crippen molar-refractivity contribution in [2.75, 3.05) is 7.05 Å². The zero-order valence-corrected chi connectivity index (χ0v) is 13.5. The highest BCUT2D eigenvalue weighted by Gasteiger charge is 2.19. The van der Waals surface area contributed by atoms with Gasteiger partial charge in [0.05, 0.1) is 6.20 Å². The van der Waals surface area contributed by atoms with Gasteiger partial charge in [-0.2, -0.15) is 0 Å². The predicted molar refractivity (Wildman–Crippen MR) is 85.5 cm³/mol. The molecule has 1 fully saturated rings. The second-order valence-electron chi connectivity index (χ2n) is 6.77. The number of aromatic nitrogens is 1. The van der Waals surface area contributed by atoms with Crippen molar-refractivity contribution in [1.82, 2.24) is 9.47 Å². The topological polar surface area (TPSA) is 45.5 Å². The standard InChI is InChI=1S/C17H28N2O2/c1-13(2)10-19-12-17(21)16(20)9-15(19)11-18(3)14-7-5-4-6-8-14/h9,12-14,21H,4-8,10-11H2,1-3H3. The largest absolute Gasteiger partial charge is 0.503 e. The summed E-state index contributed by atoms with van der Waals surface area (Å²) in [7, 11) is 2.15. The van der Waals surface area contributed by atoms with Gasteiger partial charge in [0.2, 0.25) is 5.43 Å². The first kappa shape index (κ1) is 16.1. The van der Waals surface area contributed by atoms with Gasteiger partial charge >= 0.3 is 0 Å². The molecule has 1 heterocycles. The number of pyridine rings is 1. The summed E-state index contributed by atoms with van der Waals surface area (Å²) >= 11 is 0. The fourth-order valence-corrected chi connectivity index (χ4v) is 3.21.